The molecule has 134 valence electrons. The Bertz CT molecular complexity index is 691. The summed E-state index contributed by atoms with van der Waals surface area (Å²) in [5.74, 6) is 0.547. The van der Waals surface area contributed by atoms with E-state index in [1.807, 2.05) is 26.8 Å². The molecule has 1 aliphatic heterocycles. The van der Waals surface area contributed by atoms with E-state index in [1.54, 1.807) is 0 Å². The van der Waals surface area contributed by atoms with Crippen LogP contribution in [0.25, 0.3) is 0 Å². The molecular weight excluding hydrogens is 314 g/mol. The van der Waals surface area contributed by atoms with Gasteiger partial charge in [0, 0.05) is 24.7 Å². The first-order chi connectivity index (χ1) is 12.0. The fourth-order valence-corrected chi connectivity index (χ4v) is 3.72. The lowest BCUT2D eigenvalue weighted by Gasteiger charge is -2.33. The van der Waals surface area contributed by atoms with E-state index in [1.165, 1.54) is 5.56 Å². The van der Waals surface area contributed by atoms with Gasteiger partial charge >= 0.3 is 0 Å². The highest BCUT2D eigenvalue weighted by Crippen LogP contribution is 2.24. The molecule has 1 saturated heterocycles. The van der Waals surface area contributed by atoms with Crippen LogP contribution in [-0.4, -0.2) is 35.1 Å². The quantitative estimate of drug-likeness (QED) is 0.907. The first-order valence-corrected chi connectivity index (χ1v) is 9.04. The van der Waals surface area contributed by atoms with Crippen LogP contribution < -0.4 is 5.32 Å². The summed E-state index contributed by atoms with van der Waals surface area (Å²) >= 11 is 0. The maximum atomic E-state index is 12.7. The van der Waals surface area contributed by atoms with Crippen molar-refractivity contribution in [3.63, 3.8) is 0 Å². The number of piperidine rings is 1. The summed E-state index contributed by atoms with van der Waals surface area (Å²) < 4.78 is 5.20. The van der Waals surface area contributed by atoms with E-state index in [0.29, 0.717) is 0 Å². The van der Waals surface area contributed by atoms with Crippen molar-refractivity contribution < 1.29 is 9.32 Å². The van der Waals surface area contributed by atoms with E-state index in [4.69, 9.17) is 4.52 Å². The largest absolute Gasteiger partial charge is 0.361 e. The Morgan fingerprint density at radius 2 is 2.12 bits per heavy atom. The molecule has 1 fully saturated rings. The van der Waals surface area contributed by atoms with Gasteiger partial charge in [0.25, 0.3) is 0 Å². The van der Waals surface area contributed by atoms with Gasteiger partial charge in [-0.25, -0.2) is 0 Å². The third-order valence-electron chi connectivity index (χ3n) is 5.02. The van der Waals surface area contributed by atoms with Crippen LogP contribution in [0, 0.1) is 13.8 Å². The molecule has 5 nitrogen and oxygen atoms in total. The fourth-order valence-electron chi connectivity index (χ4n) is 3.72. The SMILES string of the molecule is Cc1noc(C)c1[C@@H](C)C(=O)N[C@H]1CCCN(Cc2ccccc2)C1. The zero-order valence-electron chi connectivity index (χ0n) is 15.3. The van der Waals surface area contributed by atoms with Crippen LogP contribution in [-0.2, 0) is 11.3 Å². The molecule has 0 aliphatic carbocycles. The van der Waals surface area contributed by atoms with Crippen molar-refractivity contribution in [2.75, 3.05) is 13.1 Å². The molecule has 1 aromatic heterocycles. The predicted octanol–water partition coefficient (Wildman–Crippen LogP) is 3.18. The lowest BCUT2D eigenvalue weighted by atomic mass is 9.97. The van der Waals surface area contributed by atoms with Gasteiger partial charge in [0.05, 0.1) is 11.6 Å². The Kier molecular flexibility index (Phi) is 5.53. The van der Waals surface area contributed by atoms with E-state index in [9.17, 15) is 4.79 Å². The predicted molar refractivity (Wildman–Crippen MR) is 97.3 cm³/mol. The summed E-state index contributed by atoms with van der Waals surface area (Å²) in [6.45, 7) is 8.59. The average molecular weight is 341 g/mol. The number of hydrogen-bond acceptors (Lipinski definition) is 4. The Morgan fingerprint density at radius 1 is 1.36 bits per heavy atom. The van der Waals surface area contributed by atoms with Crippen molar-refractivity contribution in [1.82, 2.24) is 15.4 Å². The highest BCUT2D eigenvalue weighted by molar-refractivity contribution is 5.84. The van der Waals surface area contributed by atoms with E-state index in [0.717, 1.165) is 49.5 Å². The van der Waals surface area contributed by atoms with Crippen molar-refractivity contribution in [2.45, 2.75) is 52.1 Å². The van der Waals surface area contributed by atoms with Gasteiger partial charge in [0.1, 0.15) is 5.76 Å². The Balaban J connectivity index is 1.58. The second-order valence-electron chi connectivity index (χ2n) is 7.03. The monoisotopic (exact) mass is 341 g/mol. The number of nitrogens with zero attached hydrogens (tertiary/aromatic N) is 2. The average Bonchev–Trinajstić information content (AvgIpc) is 2.94. The Labute approximate surface area is 149 Å². The first-order valence-electron chi connectivity index (χ1n) is 9.04. The zero-order chi connectivity index (χ0) is 17.8. The molecular formula is C20H27N3O2. The topological polar surface area (TPSA) is 58.4 Å². The number of rotatable bonds is 5. The van der Waals surface area contributed by atoms with Gasteiger partial charge in [-0.15, -0.1) is 0 Å². The van der Waals surface area contributed by atoms with Crippen molar-refractivity contribution in [3.8, 4) is 0 Å². The lowest BCUT2D eigenvalue weighted by molar-refractivity contribution is -0.123. The highest BCUT2D eigenvalue weighted by Gasteiger charge is 2.27. The van der Waals surface area contributed by atoms with Gasteiger partial charge < -0.3 is 9.84 Å². The molecule has 5 heteroatoms. The minimum Gasteiger partial charge on any atom is -0.361 e. The Hall–Kier alpha value is -2.14. The van der Waals surface area contributed by atoms with E-state index < -0.39 is 0 Å². The minimum atomic E-state index is -0.240. The first kappa shape index (κ1) is 17.7. The van der Waals surface area contributed by atoms with Crippen LogP contribution in [0.1, 0.15) is 48.3 Å². The molecule has 2 atom stereocenters. The van der Waals surface area contributed by atoms with Crippen LogP contribution in [0.15, 0.2) is 34.9 Å². The molecule has 3 rings (SSSR count). The molecule has 0 unspecified atom stereocenters. The third-order valence-corrected chi connectivity index (χ3v) is 5.02. The van der Waals surface area contributed by atoms with E-state index in [2.05, 4.69) is 39.6 Å². The van der Waals surface area contributed by atoms with Gasteiger partial charge in [0.2, 0.25) is 5.91 Å². The maximum absolute atomic E-state index is 12.7. The summed E-state index contributed by atoms with van der Waals surface area (Å²) in [5, 5.41) is 7.19. The molecule has 25 heavy (non-hydrogen) atoms. The van der Waals surface area contributed by atoms with Crippen molar-refractivity contribution in [2.24, 2.45) is 0 Å². The summed E-state index contributed by atoms with van der Waals surface area (Å²) in [7, 11) is 0. The number of amides is 1. The Morgan fingerprint density at radius 3 is 2.80 bits per heavy atom. The highest BCUT2D eigenvalue weighted by atomic mass is 16.5. The smallest absolute Gasteiger partial charge is 0.227 e. The summed E-state index contributed by atoms with van der Waals surface area (Å²) in [6, 6.07) is 10.7. The van der Waals surface area contributed by atoms with E-state index >= 15 is 0 Å². The van der Waals surface area contributed by atoms with Gasteiger partial charge in [0.15, 0.2) is 0 Å². The molecule has 2 aromatic rings. The number of hydrogen-bond donors (Lipinski definition) is 1. The minimum absolute atomic E-state index is 0.0564. The number of carbonyl (C=O) groups is 1. The van der Waals surface area contributed by atoms with Crippen LogP contribution in [0.2, 0.25) is 0 Å². The van der Waals surface area contributed by atoms with Crippen molar-refractivity contribution >= 4 is 5.91 Å². The van der Waals surface area contributed by atoms with Crippen LogP contribution in [0.3, 0.4) is 0 Å². The zero-order valence-corrected chi connectivity index (χ0v) is 15.3. The molecule has 1 amide bonds. The maximum Gasteiger partial charge on any atom is 0.227 e. The molecule has 0 bridgehead atoms. The molecule has 2 heterocycles. The number of carbonyl (C=O) groups excluding carboxylic acids is 1. The number of likely N-dealkylation sites (tertiary alicyclic amines) is 1. The van der Waals surface area contributed by atoms with Crippen LogP contribution >= 0.6 is 0 Å². The molecule has 0 radical (unpaired) electrons. The van der Waals surface area contributed by atoms with Gasteiger partial charge in [-0.05, 0) is 45.7 Å². The number of aryl methyl sites for hydroxylation is 2. The molecule has 1 aliphatic rings. The number of nitrogens with one attached hydrogen (secondary N) is 1. The van der Waals surface area contributed by atoms with Gasteiger partial charge in [-0.3, -0.25) is 9.69 Å². The van der Waals surface area contributed by atoms with E-state index in [-0.39, 0.29) is 17.9 Å². The van der Waals surface area contributed by atoms with Gasteiger partial charge in [-0.1, -0.05) is 35.5 Å². The molecule has 0 spiro atoms. The number of aromatic nitrogens is 1. The second-order valence-corrected chi connectivity index (χ2v) is 7.03. The number of benzene rings is 1. The van der Waals surface area contributed by atoms with Gasteiger partial charge in [-0.2, -0.15) is 0 Å². The molecule has 1 N–H and O–H groups in total. The second kappa shape index (κ2) is 7.83. The van der Waals surface area contributed by atoms with Crippen LogP contribution in [0.4, 0.5) is 0 Å². The lowest BCUT2D eigenvalue weighted by Crippen LogP contribution is -2.48. The third kappa shape index (κ3) is 4.28. The standard InChI is InChI=1S/C20H27N3O2/c1-14(19-15(2)22-25-16(19)3)20(24)21-18-10-7-11-23(13-18)12-17-8-5-4-6-9-17/h4-6,8-9,14,18H,7,10-13H2,1-3H3,(H,21,24)/t14-,18+/m1/s1. The molecule has 0 saturated carbocycles. The van der Waals surface area contributed by atoms with Crippen LogP contribution in [0.5, 0.6) is 0 Å². The molecule has 1 aromatic carbocycles. The fraction of sp³-hybridized carbons (Fsp3) is 0.500. The van der Waals surface area contributed by atoms with Crippen molar-refractivity contribution in [3.05, 3.63) is 52.9 Å². The van der Waals surface area contributed by atoms with Crippen molar-refractivity contribution in [1.29, 1.82) is 0 Å². The summed E-state index contributed by atoms with van der Waals surface area (Å²) in [6.07, 6.45) is 2.14. The normalized spacial score (nSPS) is 19.6. The summed E-state index contributed by atoms with van der Waals surface area (Å²) in [5.41, 5.74) is 3.03. The summed E-state index contributed by atoms with van der Waals surface area (Å²) in [4.78, 5) is 15.1.